The number of urea groups is 1. The molecule has 0 spiro atoms. The largest absolute Gasteiger partial charge is 0.356 e. The molecule has 0 bridgehead atoms. The van der Waals surface area contributed by atoms with Crippen molar-refractivity contribution in [1.82, 2.24) is 20.1 Å². The molecule has 178 valence electrons. The standard InChI is InChI=1S/C22H35N5O3S2/c1-4-23-19(29)14-31-20-13-24-21(32-20)25-22(30)27(17-7-5-15(2)6-8-17)18-9-11-26(12-10-18)16(3)28/h13,15,17-18H,4-12,14H2,1-3H3,(H,23,29)(H,24,25,30)/t15-,17-. The van der Waals surface area contributed by atoms with Gasteiger partial charge in [0.2, 0.25) is 11.8 Å². The first kappa shape index (κ1) is 24.8. The van der Waals surface area contributed by atoms with Crippen LogP contribution < -0.4 is 10.6 Å². The summed E-state index contributed by atoms with van der Waals surface area (Å²) >= 11 is 2.82. The maximum Gasteiger partial charge on any atom is 0.324 e. The molecule has 1 saturated heterocycles. The monoisotopic (exact) mass is 481 g/mol. The Kier molecular flexibility index (Phi) is 9.22. The number of aromatic nitrogens is 1. The van der Waals surface area contributed by atoms with Crippen LogP contribution in [0.3, 0.4) is 0 Å². The summed E-state index contributed by atoms with van der Waals surface area (Å²) in [4.78, 5) is 45.1. The Morgan fingerprint density at radius 1 is 1.16 bits per heavy atom. The number of nitrogens with zero attached hydrogens (tertiary/aromatic N) is 3. The maximum absolute atomic E-state index is 13.4. The number of anilines is 1. The molecule has 2 aliphatic rings. The summed E-state index contributed by atoms with van der Waals surface area (Å²) in [6.45, 7) is 7.80. The maximum atomic E-state index is 13.4. The minimum atomic E-state index is -0.0968. The lowest BCUT2D eigenvalue weighted by molar-refractivity contribution is -0.130. The van der Waals surface area contributed by atoms with Gasteiger partial charge in [-0.2, -0.15) is 0 Å². The number of nitrogens with one attached hydrogen (secondary N) is 2. The van der Waals surface area contributed by atoms with E-state index in [1.165, 1.54) is 23.1 Å². The van der Waals surface area contributed by atoms with Gasteiger partial charge in [0, 0.05) is 38.6 Å². The number of piperidine rings is 1. The molecule has 10 heteroatoms. The average molecular weight is 482 g/mol. The van der Waals surface area contributed by atoms with Crippen molar-refractivity contribution in [3.63, 3.8) is 0 Å². The van der Waals surface area contributed by atoms with Crippen LogP contribution in [0.25, 0.3) is 0 Å². The molecule has 1 aliphatic carbocycles. The van der Waals surface area contributed by atoms with Gasteiger partial charge in [-0.05, 0) is 51.4 Å². The molecule has 4 amide bonds. The third-order valence-electron chi connectivity index (χ3n) is 6.33. The Labute approximate surface area is 198 Å². The van der Waals surface area contributed by atoms with Gasteiger partial charge in [0.1, 0.15) is 0 Å². The lowest BCUT2D eigenvalue weighted by atomic mass is 9.85. The molecule has 0 atom stereocenters. The molecule has 2 N–H and O–H groups in total. The Hall–Kier alpha value is -1.81. The zero-order chi connectivity index (χ0) is 23.1. The van der Waals surface area contributed by atoms with Crippen molar-refractivity contribution < 1.29 is 14.4 Å². The van der Waals surface area contributed by atoms with Gasteiger partial charge in [-0.15, -0.1) is 11.8 Å². The topological polar surface area (TPSA) is 94.6 Å². The Balaban J connectivity index is 1.63. The van der Waals surface area contributed by atoms with Gasteiger partial charge in [0.25, 0.3) is 0 Å². The highest BCUT2D eigenvalue weighted by molar-refractivity contribution is 8.01. The minimum Gasteiger partial charge on any atom is -0.356 e. The molecule has 0 unspecified atom stereocenters. The molecule has 0 radical (unpaired) electrons. The van der Waals surface area contributed by atoms with Gasteiger partial charge in [-0.25, -0.2) is 9.78 Å². The van der Waals surface area contributed by atoms with Crippen LogP contribution in [0.4, 0.5) is 9.93 Å². The first-order valence-electron chi connectivity index (χ1n) is 11.6. The van der Waals surface area contributed by atoms with E-state index >= 15 is 0 Å². The predicted molar refractivity (Wildman–Crippen MR) is 129 cm³/mol. The van der Waals surface area contributed by atoms with Crippen LogP contribution in [-0.4, -0.2) is 70.1 Å². The first-order chi connectivity index (χ1) is 15.4. The summed E-state index contributed by atoms with van der Waals surface area (Å²) in [5.74, 6) is 1.14. The quantitative estimate of drug-likeness (QED) is 0.578. The van der Waals surface area contributed by atoms with Crippen molar-refractivity contribution in [2.45, 2.75) is 75.6 Å². The highest BCUT2D eigenvalue weighted by atomic mass is 32.2. The second-order valence-electron chi connectivity index (χ2n) is 8.71. The third-order valence-corrected chi connectivity index (χ3v) is 8.44. The lowest BCUT2D eigenvalue weighted by Gasteiger charge is -2.44. The minimum absolute atomic E-state index is 0.00825. The number of thiazole rings is 1. The molecule has 2 heterocycles. The van der Waals surface area contributed by atoms with Gasteiger partial charge >= 0.3 is 6.03 Å². The van der Waals surface area contributed by atoms with Crippen molar-refractivity contribution in [1.29, 1.82) is 0 Å². The van der Waals surface area contributed by atoms with Gasteiger partial charge in [-0.3, -0.25) is 14.9 Å². The Bertz CT molecular complexity index is 786. The molecule has 1 aromatic heterocycles. The molecule has 8 nitrogen and oxygen atoms in total. The summed E-state index contributed by atoms with van der Waals surface area (Å²) < 4.78 is 0.902. The van der Waals surface area contributed by atoms with Crippen LogP contribution in [0.1, 0.15) is 59.3 Å². The van der Waals surface area contributed by atoms with Gasteiger partial charge in [0.15, 0.2) is 5.13 Å². The first-order valence-corrected chi connectivity index (χ1v) is 13.4. The summed E-state index contributed by atoms with van der Waals surface area (Å²) in [6.07, 6.45) is 7.65. The molecule has 32 heavy (non-hydrogen) atoms. The number of likely N-dealkylation sites (tertiary alicyclic amines) is 1. The van der Waals surface area contributed by atoms with E-state index in [2.05, 4.69) is 22.5 Å². The van der Waals surface area contributed by atoms with Crippen LogP contribution >= 0.6 is 23.1 Å². The van der Waals surface area contributed by atoms with E-state index in [1.54, 1.807) is 13.1 Å². The number of amides is 4. The highest BCUT2D eigenvalue weighted by Crippen LogP contribution is 2.32. The molecule has 0 aromatic carbocycles. The van der Waals surface area contributed by atoms with E-state index in [9.17, 15) is 14.4 Å². The summed E-state index contributed by atoms with van der Waals surface area (Å²) in [5, 5.41) is 6.35. The Morgan fingerprint density at radius 3 is 2.44 bits per heavy atom. The van der Waals surface area contributed by atoms with Crippen molar-refractivity contribution in [2.75, 3.05) is 30.7 Å². The number of hydrogen-bond donors (Lipinski definition) is 2. The van der Waals surface area contributed by atoms with Gasteiger partial charge in [-0.1, -0.05) is 18.3 Å². The normalized spacial score (nSPS) is 21.8. The summed E-state index contributed by atoms with van der Waals surface area (Å²) in [5.41, 5.74) is 0. The zero-order valence-corrected chi connectivity index (χ0v) is 20.9. The fourth-order valence-electron chi connectivity index (χ4n) is 4.53. The molecular weight excluding hydrogens is 446 g/mol. The molecule has 1 saturated carbocycles. The lowest BCUT2D eigenvalue weighted by Crippen LogP contribution is -2.54. The average Bonchev–Trinajstić information content (AvgIpc) is 3.21. The SMILES string of the molecule is CCNC(=O)CSc1cnc(NC(=O)N(C2CCN(C(C)=O)CC2)[C@H]2CC[C@H](C)CC2)s1. The van der Waals surface area contributed by atoms with E-state index < -0.39 is 0 Å². The second kappa shape index (κ2) is 11.9. The van der Waals surface area contributed by atoms with Gasteiger partial charge in [0.05, 0.1) is 16.2 Å². The van der Waals surface area contributed by atoms with Crippen LogP contribution in [0.5, 0.6) is 0 Å². The number of carbonyl (C=O) groups excluding carboxylic acids is 3. The predicted octanol–water partition coefficient (Wildman–Crippen LogP) is 3.79. The van der Waals surface area contributed by atoms with Crippen molar-refractivity contribution >= 4 is 46.1 Å². The van der Waals surface area contributed by atoms with Crippen LogP contribution in [0.2, 0.25) is 0 Å². The second-order valence-corrected chi connectivity index (χ2v) is 11.0. The fourth-order valence-corrected chi connectivity index (χ4v) is 6.23. The van der Waals surface area contributed by atoms with Gasteiger partial charge < -0.3 is 15.1 Å². The number of carbonyl (C=O) groups is 3. The van der Waals surface area contributed by atoms with Crippen molar-refractivity contribution in [3.8, 4) is 0 Å². The summed E-state index contributed by atoms with van der Waals surface area (Å²) in [6, 6.07) is 0.266. The number of hydrogen-bond acceptors (Lipinski definition) is 6. The van der Waals surface area contributed by atoms with E-state index in [4.69, 9.17) is 0 Å². The molecule has 1 aliphatic heterocycles. The van der Waals surface area contributed by atoms with E-state index in [1.807, 2.05) is 16.7 Å². The summed E-state index contributed by atoms with van der Waals surface area (Å²) in [7, 11) is 0. The van der Waals surface area contributed by atoms with E-state index in [-0.39, 0.29) is 29.9 Å². The van der Waals surface area contributed by atoms with Crippen LogP contribution in [-0.2, 0) is 9.59 Å². The Morgan fingerprint density at radius 2 is 1.81 bits per heavy atom. The van der Waals surface area contributed by atoms with Crippen molar-refractivity contribution in [2.24, 2.45) is 5.92 Å². The zero-order valence-electron chi connectivity index (χ0n) is 19.3. The fraction of sp³-hybridized carbons (Fsp3) is 0.727. The molecular formula is C22H35N5O3S2. The molecule has 3 rings (SSSR count). The third kappa shape index (κ3) is 6.84. The van der Waals surface area contributed by atoms with Crippen LogP contribution in [0, 0.1) is 5.92 Å². The smallest absolute Gasteiger partial charge is 0.324 e. The van der Waals surface area contributed by atoms with Crippen molar-refractivity contribution in [3.05, 3.63) is 6.20 Å². The molecule has 2 fully saturated rings. The molecule has 1 aromatic rings. The van der Waals surface area contributed by atoms with E-state index in [0.717, 1.165) is 42.7 Å². The highest BCUT2D eigenvalue weighted by Gasteiger charge is 2.35. The van der Waals surface area contributed by atoms with Crippen LogP contribution in [0.15, 0.2) is 10.4 Å². The number of rotatable bonds is 7. The van der Waals surface area contributed by atoms with E-state index in [0.29, 0.717) is 36.4 Å². The number of thioether (sulfide) groups is 1.